The zero-order valence-electron chi connectivity index (χ0n) is 10.7. The average molecular weight is 248 g/mol. The highest BCUT2D eigenvalue weighted by atomic mass is 16.5. The highest BCUT2D eigenvalue weighted by Crippen LogP contribution is 2.11. The number of benzene rings is 1. The highest BCUT2D eigenvalue weighted by Gasteiger charge is 2.20. The molecule has 0 aliphatic carbocycles. The molecule has 0 spiro atoms. The van der Waals surface area contributed by atoms with Crippen LogP contribution in [0.3, 0.4) is 0 Å². The SMILES string of the molecule is CC(OC1CCCNC1)C(=O)Nc1ccccc1. The molecule has 1 aromatic carbocycles. The van der Waals surface area contributed by atoms with Crippen molar-refractivity contribution >= 4 is 11.6 Å². The van der Waals surface area contributed by atoms with E-state index in [1.165, 1.54) is 0 Å². The molecule has 0 aromatic heterocycles. The smallest absolute Gasteiger partial charge is 0.253 e. The van der Waals surface area contributed by atoms with Gasteiger partial charge >= 0.3 is 0 Å². The van der Waals surface area contributed by atoms with Crippen molar-refractivity contribution in [1.29, 1.82) is 0 Å². The zero-order valence-corrected chi connectivity index (χ0v) is 10.7. The van der Waals surface area contributed by atoms with E-state index in [4.69, 9.17) is 4.74 Å². The van der Waals surface area contributed by atoms with E-state index in [9.17, 15) is 4.79 Å². The number of rotatable bonds is 4. The molecule has 2 atom stereocenters. The Morgan fingerprint density at radius 3 is 2.89 bits per heavy atom. The van der Waals surface area contributed by atoms with Crippen molar-refractivity contribution in [1.82, 2.24) is 5.32 Å². The van der Waals surface area contributed by atoms with E-state index in [2.05, 4.69) is 10.6 Å². The van der Waals surface area contributed by atoms with Gasteiger partial charge in [-0.2, -0.15) is 0 Å². The molecule has 1 aliphatic rings. The van der Waals surface area contributed by atoms with Crippen molar-refractivity contribution in [3.05, 3.63) is 30.3 Å². The van der Waals surface area contributed by atoms with Crippen LogP contribution in [0.4, 0.5) is 5.69 Å². The second-order valence-electron chi connectivity index (χ2n) is 4.60. The minimum absolute atomic E-state index is 0.0910. The van der Waals surface area contributed by atoms with Crippen molar-refractivity contribution in [2.75, 3.05) is 18.4 Å². The Balaban J connectivity index is 1.81. The lowest BCUT2D eigenvalue weighted by molar-refractivity contribution is -0.130. The van der Waals surface area contributed by atoms with Crippen LogP contribution >= 0.6 is 0 Å². The first kappa shape index (κ1) is 13.1. The van der Waals surface area contributed by atoms with Crippen LogP contribution in [0.1, 0.15) is 19.8 Å². The van der Waals surface area contributed by atoms with E-state index in [-0.39, 0.29) is 12.0 Å². The van der Waals surface area contributed by atoms with Gasteiger partial charge in [-0.25, -0.2) is 0 Å². The summed E-state index contributed by atoms with van der Waals surface area (Å²) in [5.41, 5.74) is 0.805. The molecule has 2 N–H and O–H groups in total. The Bertz CT molecular complexity index is 375. The van der Waals surface area contributed by atoms with Crippen LogP contribution < -0.4 is 10.6 Å². The van der Waals surface area contributed by atoms with E-state index in [1.54, 1.807) is 6.92 Å². The normalized spacial score (nSPS) is 21.3. The third-order valence-electron chi connectivity index (χ3n) is 3.06. The fourth-order valence-electron chi connectivity index (χ4n) is 2.05. The quantitative estimate of drug-likeness (QED) is 0.854. The largest absolute Gasteiger partial charge is 0.364 e. The maximum atomic E-state index is 11.9. The molecule has 4 heteroatoms. The van der Waals surface area contributed by atoms with Gasteiger partial charge in [0, 0.05) is 12.2 Å². The molecule has 18 heavy (non-hydrogen) atoms. The molecular formula is C14H20N2O2. The van der Waals surface area contributed by atoms with E-state index in [1.807, 2.05) is 30.3 Å². The Labute approximate surface area is 108 Å². The predicted octanol–water partition coefficient (Wildman–Crippen LogP) is 1.78. The average Bonchev–Trinajstić information content (AvgIpc) is 2.41. The molecular weight excluding hydrogens is 228 g/mol. The van der Waals surface area contributed by atoms with Crippen LogP contribution in [-0.4, -0.2) is 31.2 Å². The van der Waals surface area contributed by atoms with Gasteiger partial charge < -0.3 is 15.4 Å². The molecule has 98 valence electrons. The third-order valence-corrected chi connectivity index (χ3v) is 3.06. The molecule has 0 bridgehead atoms. The van der Waals surface area contributed by atoms with E-state index >= 15 is 0 Å². The van der Waals surface area contributed by atoms with Gasteiger partial charge in [-0.05, 0) is 38.4 Å². The number of para-hydroxylation sites is 1. The monoisotopic (exact) mass is 248 g/mol. The number of piperidine rings is 1. The molecule has 1 fully saturated rings. The topological polar surface area (TPSA) is 50.4 Å². The standard InChI is InChI=1S/C14H20N2O2/c1-11(18-13-8-5-9-15-10-13)14(17)16-12-6-3-2-4-7-12/h2-4,6-7,11,13,15H,5,8-10H2,1H3,(H,16,17). The number of hydrogen-bond donors (Lipinski definition) is 2. The van der Waals surface area contributed by atoms with Gasteiger partial charge in [-0.3, -0.25) is 4.79 Å². The molecule has 1 saturated heterocycles. The van der Waals surface area contributed by atoms with Gasteiger partial charge in [0.25, 0.3) is 5.91 Å². The Morgan fingerprint density at radius 2 is 2.22 bits per heavy atom. The fourth-order valence-corrected chi connectivity index (χ4v) is 2.05. The molecule has 1 heterocycles. The van der Waals surface area contributed by atoms with E-state index in [0.717, 1.165) is 31.6 Å². The van der Waals surface area contributed by atoms with E-state index < -0.39 is 6.10 Å². The molecule has 4 nitrogen and oxygen atoms in total. The molecule has 1 amide bonds. The first-order chi connectivity index (χ1) is 8.75. The number of amides is 1. The number of hydrogen-bond acceptors (Lipinski definition) is 3. The maximum absolute atomic E-state index is 11.9. The molecule has 1 aliphatic heterocycles. The summed E-state index contributed by atoms with van der Waals surface area (Å²) in [4.78, 5) is 11.9. The summed E-state index contributed by atoms with van der Waals surface area (Å²) >= 11 is 0. The summed E-state index contributed by atoms with van der Waals surface area (Å²) in [6.07, 6.45) is 1.86. The van der Waals surface area contributed by atoms with Crippen LogP contribution in [-0.2, 0) is 9.53 Å². The van der Waals surface area contributed by atoms with Gasteiger partial charge in [-0.15, -0.1) is 0 Å². The number of carbonyl (C=O) groups is 1. The predicted molar refractivity (Wildman–Crippen MR) is 71.5 cm³/mol. The van der Waals surface area contributed by atoms with Crippen molar-refractivity contribution in [3.63, 3.8) is 0 Å². The summed E-state index contributed by atoms with van der Waals surface area (Å²) < 4.78 is 5.75. The Kier molecular flexibility index (Phi) is 4.73. The van der Waals surface area contributed by atoms with Crippen molar-refractivity contribution in [2.45, 2.75) is 32.0 Å². The lowest BCUT2D eigenvalue weighted by Crippen LogP contribution is -2.40. The lowest BCUT2D eigenvalue weighted by atomic mass is 10.1. The first-order valence-corrected chi connectivity index (χ1v) is 6.48. The number of carbonyl (C=O) groups excluding carboxylic acids is 1. The summed E-state index contributed by atoms with van der Waals surface area (Å²) in [6, 6.07) is 9.45. The van der Waals surface area contributed by atoms with Crippen LogP contribution in [0, 0.1) is 0 Å². The summed E-state index contributed by atoms with van der Waals surface area (Å²) in [5, 5.41) is 6.12. The summed E-state index contributed by atoms with van der Waals surface area (Å²) in [5.74, 6) is -0.0910. The summed E-state index contributed by atoms with van der Waals surface area (Å²) in [6.45, 7) is 3.68. The zero-order chi connectivity index (χ0) is 12.8. The first-order valence-electron chi connectivity index (χ1n) is 6.48. The number of anilines is 1. The highest BCUT2D eigenvalue weighted by molar-refractivity contribution is 5.93. The van der Waals surface area contributed by atoms with Gasteiger partial charge in [-0.1, -0.05) is 18.2 Å². The van der Waals surface area contributed by atoms with Crippen LogP contribution in [0.15, 0.2) is 30.3 Å². The molecule has 0 saturated carbocycles. The second kappa shape index (κ2) is 6.52. The maximum Gasteiger partial charge on any atom is 0.253 e. The lowest BCUT2D eigenvalue weighted by Gasteiger charge is -2.25. The minimum Gasteiger partial charge on any atom is -0.364 e. The van der Waals surface area contributed by atoms with Crippen LogP contribution in [0.5, 0.6) is 0 Å². The van der Waals surface area contributed by atoms with Crippen molar-refractivity contribution in [2.24, 2.45) is 0 Å². The molecule has 2 unspecified atom stereocenters. The van der Waals surface area contributed by atoms with Crippen LogP contribution in [0.2, 0.25) is 0 Å². The van der Waals surface area contributed by atoms with Gasteiger partial charge in [0.1, 0.15) is 6.10 Å². The number of nitrogens with one attached hydrogen (secondary N) is 2. The van der Waals surface area contributed by atoms with Crippen LogP contribution in [0.25, 0.3) is 0 Å². The van der Waals surface area contributed by atoms with Crippen molar-refractivity contribution < 1.29 is 9.53 Å². The Morgan fingerprint density at radius 1 is 1.44 bits per heavy atom. The number of ether oxygens (including phenoxy) is 1. The second-order valence-corrected chi connectivity index (χ2v) is 4.60. The van der Waals surface area contributed by atoms with Gasteiger partial charge in [0.05, 0.1) is 6.10 Å². The van der Waals surface area contributed by atoms with Gasteiger partial charge in [0.2, 0.25) is 0 Å². The van der Waals surface area contributed by atoms with Crippen molar-refractivity contribution in [3.8, 4) is 0 Å². The minimum atomic E-state index is -0.421. The molecule has 0 radical (unpaired) electrons. The van der Waals surface area contributed by atoms with Gasteiger partial charge in [0.15, 0.2) is 0 Å². The third kappa shape index (κ3) is 3.82. The molecule has 1 aromatic rings. The molecule has 2 rings (SSSR count). The Hall–Kier alpha value is -1.39. The van der Waals surface area contributed by atoms with E-state index in [0.29, 0.717) is 0 Å². The summed E-state index contributed by atoms with van der Waals surface area (Å²) in [7, 11) is 0. The fraction of sp³-hybridized carbons (Fsp3) is 0.500.